The van der Waals surface area contributed by atoms with E-state index in [9.17, 15) is 13.2 Å². The molecule has 0 saturated heterocycles. The number of carbonyl (C=O) groups is 1. The standard InChI is InChI=1S/C10H13NO3S/c1-2-15(13,14)7-10(12)8-3-5-9(11)6-4-8/h3-6H,2,7,11H2,1H3. The molecule has 0 atom stereocenters. The molecular weight excluding hydrogens is 214 g/mol. The van der Waals surface area contributed by atoms with Crippen LogP contribution in [0.2, 0.25) is 0 Å². The Hall–Kier alpha value is -1.36. The van der Waals surface area contributed by atoms with E-state index in [1.807, 2.05) is 0 Å². The van der Waals surface area contributed by atoms with Crippen molar-refractivity contribution in [2.75, 3.05) is 17.2 Å². The minimum atomic E-state index is -3.26. The van der Waals surface area contributed by atoms with Crippen molar-refractivity contribution in [3.63, 3.8) is 0 Å². The van der Waals surface area contributed by atoms with E-state index in [1.54, 1.807) is 12.1 Å². The molecule has 2 N–H and O–H groups in total. The minimum Gasteiger partial charge on any atom is -0.399 e. The van der Waals surface area contributed by atoms with E-state index in [1.165, 1.54) is 19.1 Å². The molecule has 0 unspecified atom stereocenters. The summed E-state index contributed by atoms with van der Waals surface area (Å²) in [6, 6.07) is 6.21. The van der Waals surface area contributed by atoms with Crippen molar-refractivity contribution >= 4 is 21.3 Å². The van der Waals surface area contributed by atoms with Crippen LogP contribution in [0.1, 0.15) is 17.3 Å². The molecule has 0 aromatic heterocycles. The number of anilines is 1. The molecule has 0 fully saturated rings. The number of sulfone groups is 1. The largest absolute Gasteiger partial charge is 0.399 e. The monoisotopic (exact) mass is 227 g/mol. The van der Waals surface area contributed by atoms with Crippen LogP contribution in [0.3, 0.4) is 0 Å². The Morgan fingerprint density at radius 3 is 2.27 bits per heavy atom. The van der Waals surface area contributed by atoms with Crippen molar-refractivity contribution in [2.45, 2.75) is 6.92 Å². The van der Waals surface area contributed by atoms with Crippen LogP contribution < -0.4 is 5.73 Å². The van der Waals surface area contributed by atoms with Crippen LogP contribution in [0.15, 0.2) is 24.3 Å². The van der Waals surface area contributed by atoms with Crippen LogP contribution in [0, 0.1) is 0 Å². The topological polar surface area (TPSA) is 77.2 Å². The van der Waals surface area contributed by atoms with Gasteiger partial charge in [-0.05, 0) is 24.3 Å². The van der Waals surface area contributed by atoms with Crippen LogP contribution in [-0.2, 0) is 9.84 Å². The highest BCUT2D eigenvalue weighted by atomic mass is 32.2. The molecule has 0 aliphatic heterocycles. The van der Waals surface area contributed by atoms with Crippen LogP contribution >= 0.6 is 0 Å². The van der Waals surface area contributed by atoms with Gasteiger partial charge >= 0.3 is 0 Å². The van der Waals surface area contributed by atoms with Gasteiger partial charge in [-0.2, -0.15) is 0 Å². The SMILES string of the molecule is CCS(=O)(=O)CC(=O)c1ccc(N)cc1. The molecule has 0 aliphatic carbocycles. The molecule has 0 bridgehead atoms. The molecule has 4 nitrogen and oxygen atoms in total. The van der Waals surface area contributed by atoms with E-state index in [-0.39, 0.29) is 5.75 Å². The summed E-state index contributed by atoms with van der Waals surface area (Å²) in [5, 5.41) is 0. The summed E-state index contributed by atoms with van der Waals surface area (Å²) in [4.78, 5) is 11.5. The Bertz CT molecular complexity index is 448. The predicted octanol–water partition coefficient (Wildman–Crippen LogP) is 0.886. The first-order valence-corrected chi connectivity index (χ1v) is 6.36. The number of hydrogen-bond acceptors (Lipinski definition) is 4. The van der Waals surface area contributed by atoms with E-state index in [0.717, 1.165) is 0 Å². The fourth-order valence-electron chi connectivity index (χ4n) is 1.05. The highest BCUT2D eigenvalue weighted by Gasteiger charge is 2.15. The molecule has 0 spiro atoms. The Labute approximate surface area is 89.0 Å². The summed E-state index contributed by atoms with van der Waals surface area (Å²) in [7, 11) is -3.26. The van der Waals surface area contributed by atoms with Crippen molar-refractivity contribution in [1.82, 2.24) is 0 Å². The Balaban J connectivity index is 2.83. The predicted molar refractivity (Wildman–Crippen MR) is 59.5 cm³/mol. The maximum Gasteiger partial charge on any atom is 0.177 e. The quantitative estimate of drug-likeness (QED) is 0.612. The summed E-state index contributed by atoms with van der Waals surface area (Å²) in [5.41, 5.74) is 6.37. The average Bonchev–Trinajstić information content (AvgIpc) is 2.18. The molecule has 15 heavy (non-hydrogen) atoms. The summed E-state index contributed by atoms with van der Waals surface area (Å²) in [5.74, 6) is -0.849. The van der Waals surface area contributed by atoms with Crippen molar-refractivity contribution in [2.24, 2.45) is 0 Å². The summed E-state index contributed by atoms with van der Waals surface area (Å²) in [6.45, 7) is 1.52. The minimum absolute atomic E-state index is 0.0201. The molecule has 0 aliphatic rings. The third kappa shape index (κ3) is 3.36. The molecule has 1 aromatic carbocycles. The number of nitrogen functional groups attached to an aromatic ring is 1. The van der Waals surface area contributed by atoms with Crippen molar-refractivity contribution in [1.29, 1.82) is 0 Å². The number of benzene rings is 1. The van der Waals surface area contributed by atoms with Crippen molar-refractivity contribution < 1.29 is 13.2 Å². The van der Waals surface area contributed by atoms with Gasteiger partial charge in [0.15, 0.2) is 15.6 Å². The number of Topliss-reactive ketones (excluding diaryl/α,β-unsaturated/α-hetero) is 1. The highest BCUT2D eigenvalue weighted by Crippen LogP contribution is 2.07. The first kappa shape index (κ1) is 11.7. The molecule has 0 radical (unpaired) electrons. The molecule has 82 valence electrons. The van der Waals surface area contributed by atoms with Crippen molar-refractivity contribution in [3.05, 3.63) is 29.8 Å². The highest BCUT2D eigenvalue weighted by molar-refractivity contribution is 7.92. The zero-order chi connectivity index (χ0) is 11.5. The van der Waals surface area contributed by atoms with Gasteiger partial charge in [-0.3, -0.25) is 4.79 Å². The van der Waals surface area contributed by atoms with Gasteiger partial charge in [-0.15, -0.1) is 0 Å². The lowest BCUT2D eigenvalue weighted by Crippen LogP contribution is -2.17. The van der Waals surface area contributed by atoms with E-state index < -0.39 is 21.4 Å². The van der Waals surface area contributed by atoms with Gasteiger partial charge in [-0.1, -0.05) is 6.92 Å². The summed E-state index contributed by atoms with van der Waals surface area (Å²) < 4.78 is 22.4. The lowest BCUT2D eigenvalue weighted by molar-refractivity contribution is 0.102. The first-order chi connectivity index (χ1) is 6.94. The Morgan fingerprint density at radius 1 is 1.27 bits per heavy atom. The van der Waals surface area contributed by atoms with Crippen molar-refractivity contribution in [3.8, 4) is 0 Å². The lowest BCUT2D eigenvalue weighted by Gasteiger charge is -2.01. The van der Waals surface area contributed by atoms with Crippen LogP contribution in [0.5, 0.6) is 0 Å². The van der Waals surface area contributed by atoms with Gasteiger partial charge in [0.1, 0.15) is 5.75 Å². The third-order valence-electron chi connectivity index (χ3n) is 2.02. The third-order valence-corrected chi connectivity index (χ3v) is 3.61. The molecular formula is C10H13NO3S. The normalized spacial score (nSPS) is 11.3. The molecule has 1 aromatic rings. The van der Waals surface area contributed by atoms with E-state index in [0.29, 0.717) is 11.3 Å². The van der Waals surface area contributed by atoms with Crippen LogP contribution in [-0.4, -0.2) is 25.7 Å². The average molecular weight is 227 g/mol. The summed E-state index contributed by atoms with van der Waals surface area (Å²) in [6.07, 6.45) is 0. The van der Waals surface area contributed by atoms with Gasteiger partial charge in [0.2, 0.25) is 0 Å². The molecule has 5 heteroatoms. The number of hydrogen-bond donors (Lipinski definition) is 1. The van der Waals surface area contributed by atoms with Crippen LogP contribution in [0.25, 0.3) is 0 Å². The van der Waals surface area contributed by atoms with Gasteiger partial charge in [0, 0.05) is 17.0 Å². The van der Waals surface area contributed by atoms with E-state index in [2.05, 4.69) is 0 Å². The van der Waals surface area contributed by atoms with Crippen LogP contribution in [0.4, 0.5) is 5.69 Å². The van der Waals surface area contributed by atoms with Gasteiger partial charge in [0.05, 0.1) is 0 Å². The van der Waals surface area contributed by atoms with Gasteiger partial charge in [0.25, 0.3) is 0 Å². The smallest absolute Gasteiger partial charge is 0.177 e. The lowest BCUT2D eigenvalue weighted by atomic mass is 10.1. The molecule has 1 rings (SSSR count). The van der Waals surface area contributed by atoms with E-state index >= 15 is 0 Å². The molecule has 0 heterocycles. The maximum absolute atomic E-state index is 11.5. The van der Waals surface area contributed by atoms with Gasteiger partial charge in [-0.25, -0.2) is 8.42 Å². The zero-order valence-corrected chi connectivity index (χ0v) is 9.25. The van der Waals surface area contributed by atoms with Gasteiger partial charge < -0.3 is 5.73 Å². The Kier molecular flexibility index (Phi) is 3.47. The molecule has 0 saturated carbocycles. The zero-order valence-electron chi connectivity index (χ0n) is 8.43. The summed E-state index contributed by atoms with van der Waals surface area (Å²) >= 11 is 0. The van der Waals surface area contributed by atoms with E-state index in [4.69, 9.17) is 5.73 Å². The number of nitrogens with two attached hydrogens (primary N) is 1. The fraction of sp³-hybridized carbons (Fsp3) is 0.300. The molecule has 0 amide bonds. The fourth-order valence-corrected chi connectivity index (χ4v) is 1.82. The first-order valence-electron chi connectivity index (χ1n) is 4.54. The number of rotatable bonds is 4. The number of ketones is 1. The number of carbonyl (C=O) groups excluding carboxylic acids is 1. The second-order valence-corrected chi connectivity index (χ2v) is 5.57. The Morgan fingerprint density at radius 2 is 1.80 bits per heavy atom. The second-order valence-electron chi connectivity index (χ2n) is 3.22. The maximum atomic E-state index is 11.5. The second kappa shape index (κ2) is 4.44.